The molecule has 1 aliphatic rings. The van der Waals surface area contributed by atoms with Gasteiger partial charge in [0.15, 0.2) is 0 Å². The van der Waals surface area contributed by atoms with E-state index in [0.29, 0.717) is 11.8 Å². The standard InChI is InChI=1S/C15H16O2S/c1-17-11-7-14(18-9-11)15(16)13-8-12(13)10-5-3-2-4-6-10/h2-7,9,12-13,15-16H,8H2,1H3. The first kappa shape index (κ1) is 11.8. The molecule has 1 heterocycles. The van der Waals surface area contributed by atoms with Crippen LogP contribution in [0, 0.1) is 5.92 Å². The second kappa shape index (κ2) is 4.75. The van der Waals surface area contributed by atoms with Crippen LogP contribution in [0.3, 0.4) is 0 Å². The van der Waals surface area contributed by atoms with Gasteiger partial charge in [-0.2, -0.15) is 0 Å². The lowest BCUT2D eigenvalue weighted by Gasteiger charge is -2.07. The van der Waals surface area contributed by atoms with Crippen molar-refractivity contribution in [2.24, 2.45) is 5.92 Å². The van der Waals surface area contributed by atoms with Gasteiger partial charge in [-0.25, -0.2) is 0 Å². The predicted octanol–water partition coefficient (Wildman–Crippen LogP) is 3.59. The summed E-state index contributed by atoms with van der Waals surface area (Å²) >= 11 is 1.57. The topological polar surface area (TPSA) is 29.5 Å². The highest BCUT2D eigenvalue weighted by Gasteiger charge is 2.44. The maximum absolute atomic E-state index is 10.4. The lowest BCUT2D eigenvalue weighted by molar-refractivity contribution is 0.155. The molecule has 1 N–H and O–H groups in total. The fourth-order valence-corrected chi connectivity index (χ4v) is 3.37. The summed E-state index contributed by atoms with van der Waals surface area (Å²) in [6.07, 6.45) is 0.717. The number of rotatable bonds is 4. The van der Waals surface area contributed by atoms with Gasteiger partial charge in [-0.1, -0.05) is 30.3 Å². The van der Waals surface area contributed by atoms with Crippen LogP contribution in [-0.2, 0) is 0 Å². The van der Waals surface area contributed by atoms with Crippen LogP contribution >= 0.6 is 11.3 Å². The first-order valence-corrected chi connectivity index (χ1v) is 7.03. The Morgan fingerprint density at radius 1 is 1.33 bits per heavy atom. The van der Waals surface area contributed by atoms with Crippen molar-refractivity contribution in [1.29, 1.82) is 0 Å². The summed E-state index contributed by atoms with van der Waals surface area (Å²) in [6.45, 7) is 0. The van der Waals surface area contributed by atoms with E-state index in [2.05, 4.69) is 24.3 Å². The molecular formula is C15H16O2S. The van der Waals surface area contributed by atoms with E-state index in [1.54, 1.807) is 18.4 Å². The molecule has 1 fully saturated rings. The molecule has 1 aromatic heterocycles. The van der Waals surface area contributed by atoms with Crippen LogP contribution in [0.15, 0.2) is 41.8 Å². The van der Waals surface area contributed by atoms with Crippen LogP contribution in [0.1, 0.15) is 28.9 Å². The molecule has 94 valence electrons. The lowest BCUT2D eigenvalue weighted by Crippen LogP contribution is -1.98. The van der Waals surface area contributed by atoms with Crippen LogP contribution in [-0.4, -0.2) is 12.2 Å². The number of aliphatic hydroxyl groups excluding tert-OH is 1. The first-order chi connectivity index (χ1) is 8.79. The van der Waals surface area contributed by atoms with Gasteiger partial charge in [-0.3, -0.25) is 0 Å². The number of hydrogen-bond donors (Lipinski definition) is 1. The molecule has 3 heteroatoms. The van der Waals surface area contributed by atoms with Gasteiger partial charge in [0.1, 0.15) is 5.75 Å². The van der Waals surface area contributed by atoms with Gasteiger partial charge in [-0.15, -0.1) is 11.3 Å². The predicted molar refractivity (Wildman–Crippen MR) is 73.1 cm³/mol. The summed E-state index contributed by atoms with van der Waals surface area (Å²) < 4.78 is 5.16. The van der Waals surface area contributed by atoms with Crippen LogP contribution in [0.4, 0.5) is 0 Å². The van der Waals surface area contributed by atoms with Crippen molar-refractivity contribution in [1.82, 2.24) is 0 Å². The van der Waals surface area contributed by atoms with Crippen molar-refractivity contribution in [3.8, 4) is 5.75 Å². The number of benzene rings is 1. The highest BCUT2D eigenvalue weighted by atomic mass is 32.1. The highest BCUT2D eigenvalue weighted by Crippen LogP contribution is 2.54. The molecule has 0 spiro atoms. The van der Waals surface area contributed by atoms with E-state index in [9.17, 15) is 5.11 Å². The molecule has 1 aliphatic carbocycles. The summed E-state index contributed by atoms with van der Waals surface area (Å²) in [7, 11) is 1.65. The molecule has 1 aromatic carbocycles. The molecule has 3 rings (SSSR count). The summed E-state index contributed by atoms with van der Waals surface area (Å²) in [5.41, 5.74) is 1.34. The fraction of sp³-hybridized carbons (Fsp3) is 0.333. The van der Waals surface area contributed by atoms with Crippen LogP contribution in [0.25, 0.3) is 0 Å². The quantitative estimate of drug-likeness (QED) is 0.910. The maximum atomic E-state index is 10.4. The molecule has 2 nitrogen and oxygen atoms in total. The smallest absolute Gasteiger partial charge is 0.129 e. The maximum Gasteiger partial charge on any atom is 0.129 e. The molecule has 2 aromatic rings. The van der Waals surface area contributed by atoms with Crippen molar-refractivity contribution in [2.45, 2.75) is 18.4 Å². The Hall–Kier alpha value is -1.32. The van der Waals surface area contributed by atoms with Gasteiger partial charge in [0.2, 0.25) is 0 Å². The third kappa shape index (κ3) is 2.16. The Kier molecular flexibility index (Phi) is 3.10. The second-order valence-electron chi connectivity index (χ2n) is 4.75. The minimum absolute atomic E-state index is 0.357. The molecule has 18 heavy (non-hydrogen) atoms. The zero-order chi connectivity index (χ0) is 12.5. The first-order valence-electron chi connectivity index (χ1n) is 6.15. The Labute approximate surface area is 111 Å². The zero-order valence-corrected chi connectivity index (χ0v) is 11.1. The number of methoxy groups -OCH3 is 1. The van der Waals surface area contributed by atoms with E-state index in [-0.39, 0.29) is 6.10 Å². The van der Waals surface area contributed by atoms with Crippen molar-refractivity contribution in [2.75, 3.05) is 7.11 Å². The summed E-state index contributed by atoms with van der Waals surface area (Å²) in [6, 6.07) is 12.4. The van der Waals surface area contributed by atoms with Gasteiger partial charge in [-0.05, 0) is 29.9 Å². The Morgan fingerprint density at radius 2 is 2.11 bits per heavy atom. The third-order valence-corrected chi connectivity index (χ3v) is 4.58. The minimum atomic E-state index is -0.357. The summed E-state index contributed by atoms with van der Waals surface area (Å²) in [5, 5.41) is 12.3. The van der Waals surface area contributed by atoms with E-state index in [4.69, 9.17) is 4.74 Å². The number of ether oxygens (including phenoxy) is 1. The zero-order valence-electron chi connectivity index (χ0n) is 10.2. The number of aliphatic hydroxyl groups is 1. The average molecular weight is 260 g/mol. The van der Waals surface area contributed by atoms with E-state index >= 15 is 0 Å². The molecule has 0 radical (unpaired) electrons. The SMILES string of the molecule is COc1csc(C(O)C2CC2c2ccccc2)c1. The molecular weight excluding hydrogens is 244 g/mol. The normalized spacial score (nSPS) is 23.7. The van der Waals surface area contributed by atoms with Crippen LogP contribution < -0.4 is 4.74 Å². The lowest BCUT2D eigenvalue weighted by atomic mass is 10.1. The number of hydrogen-bond acceptors (Lipinski definition) is 3. The molecule has 3 atom stereocenters. The largest absolute Gasteiger partial charge is 0.496 e. The average Bonchev–Trinajstić information content (AvgIpc) is 3.08. The minimum Gasteiger partial charge on any atom is -0.496 e. The molecule has 0 aliphatic heterocycles. The van der Waals surface area contributed by atoms with Crippen molar-refractivity contribution in [3.63, 3.8) is 0 Å². The third-order valence-electron chi connectivity index (χ3n) is 3.60. The van der Waals surface area contributed by atoms with Gasteiger partial charge in [0.05, 0.1) is 13.2 Å². The van der Waals surface area contributed by atoms with Crippen molar-refractivity contribution >= 4 is 11.3 Å². The van der Waals surface area contributed by atoms with E-state index in [1.165, 1.54) is 5.56 Å². The molecule has 1 saturated carbocycles. The highest BCUT2D eigenvalue weighted by molar-refractivity contribution is 7.10. The molecule has 0 amide bonds. The molecule has 0 bridgehead atoms. The second-order valence-corrected chi connectivity index (χ2v) is 5.69. The summed E-state index contributed by atoms with van der Waals surface area (Å²) in [4.78, 5) is 1.01. The summed E-state index contributed by atoms with van der Waals surface area (Å²) in [5.74, 6) is 1.70. The van der Waals surface area contributed by atoms with Gasteiger partial charge in [0, 0.05) is 10.3 Å². The Bertz CT molecular complexity index is 520. The van der Waals surface area contributed by atoms with E-state index in [1.807, 2.05) is 17.5 Å². The molecule has 3 unspecified atom stereocenters. The van der Waals surface area contributed by atoms with Gasteiger partial charge in [0.25, 0.3) is 0 Å². The fourth-order valence-electron chi connectivity index (χ4n) is 2.45. The Balaban J connectivity index is 1.70. The van der Waals surface area contributed by atoms with Crippen molar-refractivity contribution in [3.05, 3.63) is 52.2 Å². The monoisotopic (exact) mass is 260 g/mol. The van der Waals surface area contributed by atoms with E-state index in [0.717, 1.165) is 17.0 Å². The number of thiophene rings is 1. The van der Waals surface area contributed by atoms with Crippen molar-refractivity contribution < 1.29 is 9.84 Å². The van der Waals surface area contributed by atoms with Crippen LogP contribution in [0.5, 0.6) is 5.75 Å². The van der Waals surface area contributed by atoms with Gasteiger partial charge < -0.3 is 9.84 Å². The Morgan fingerprint density at radius 3 is 2.78 bits per heavy atom. The van der Waals surface area contributed by atoms with Crippen LogP contribution in [0.2, 0.25) is 0 Å². The molecule has 0 saturated heterocycles. The van der Waals surface area contributed by atoms with E-state index < -0.39 is 0 Å². The van der Waals surface area contributed by atoms with Gasteiger partial charge >= 0.3 is 0 Å².